The molecule has 0 spiro atoms. The molecule has 27 heavy (non-hydrogen) atoms. The van der Waals surface area contributed by atoms with Gasteiger partial charge in [-0.1, -0.05) is 6.07 Å². The average molecular weight is 369 g/mol. The number of piperazine rings is 1. The van der Waals surface area contributed by atoms with Gasteiger partial charge in [-0.3, -0.25) is 19.4 Å². The third kappa shape index (κ3) is 5.01. The Morgan fingerprint density at radius 1 is 1.22 bits per heavy atom. The average Bonchev–Trinajstić information content (AvgIpc) is 2.72. The minimum atomic E-state index is -0.555. The van der Waals surface area contributed by atoms with Gasteiger partial charge in [0.05, 0.1) is 0 Å². The predicted octanol–water partition coefficient (Wildman–Crippen LogP) is -0.250. The zero-order valence-corrected chi connectivity index (χ0v) is 15.0. The van der Waals surface area contributed by atoms with Gasteiger partial charge >= 0.3 is 0 Å². The zero-order valence-electron chi connectivity index (χ0n) is 15.0. The third-order valence-corrected chi connectivity index (χ3v) is 4.55. The first kappa shape index (κ1) is 18.8. The molecule has 0 radical (unpaired) electrons. The molecule has 142 valence electrons. The fraction of sp³-hybridized carbons (Fsp3) is 0.368. The van der Waals surface area contributed by atoms with Crippen molar-refractivity contribution in [3.8, 4) is 0 Å². The van der Waals surface area contributed by atoms with Crippen molar-refractivity contribution in [1.82, 2.24) is 25.1 Å². The summed E-state index contributed by atoms with van der Waals surface area (Å²) < 4.78 is 1.50. The minimum absolute atomic E-state index is 0.128. The van der Waals surface area contributed by atoms with E-state index >= 15 is 0 Å². The SMILES string of the molecule is O=C(NCc1ccncc1)C1CNCCN1C(=O)CCn1ccccc1=O. The standard InChI is InChI=1S/C19H23N5O3/c25-17-3-1-2-10-23(17)11-6-18(26)24-12-9-21-14-16(24)19(27)22-13-15-4-7-20-8-5-15/h1-5,7-8,10,16,21H,6,9,11-14H2,(H,22,27). The Morgan fingerprint density at radius 3 is 2.81 bits per heavy atom. The van der Waals surface area contributed by atoms with E-state index in [-0.39, 0.29) is 23.8 Å². The summed E-state index contributed by atoms with van der Waals surface area (Å²) in [6.07, 6.45) is 5.18. The van der Waals surface area contributed by atoms with Crippen molar-refractivity contribution in [2.24, 2.45) is 0 Å². The topological polar surface area (TPSA) is 96.3 Å². The molecule has 8 heteroatoms. The molecule has 0 bridgehead atoms. The molecule has 3 rings (SSSR count). The van der Waals surface area contributed by atoms with E-state index < -0.39 is 6.04 Å². The van der Waals surface area contributed by atoms with E-state index in [0.717, 1.165) is 5.56 Å². The Bertz CT molecular complexity index is 836. The summed E-state index contributed by atoms with van der Waals surface area (Å²) in [6.45, 7) is 2.22. The van der Waals surface area contributed by atoms with Gasteiger partial charge in [0.25, 0.3) is 5.56 Å². The number of nitrogens with zero attached hydrogens (tertiary/aromatic N) is 3. The van der Waals surface area contributed by atoms with Gasteiger partial charge in [0.1, 0.15) is 6.04 Å². The minimum Gasteiger partial charge on any atom is -0.350 e. The highest BCUT2D eigenvalue weighted by Gasteiger charge is 2.31. The van der Waals surface area contributed by atoms with E-state index in [1.807, 2.05) is 12.1 Å². The molecular weight excluding hydrogens is 346 g/mol. The molecule has 1 saturated heterocycles. The van der Waals surface area contributed by atoms with E-state index in [9.17, 15) is 14.4 Å². The number of carbonyl (C=O) groups is 2. The zero-order chi connectivity index (χ0) is 19.1. The summed E-state index contributed by atoms with van der Waals surface area (Å²) in [5.74, 6) is -0.319. The molecule has 3 heterocycles. The second-order valence-electron chi connectivity index (χ2n) is 6.36. The lowest BCUT2D eigenvalue weighted by Crippen LogP contribution is -2.59. The van der Waals surface area contributed by atoms with Crippen molar-refractivity contribution in [3.05, 3.63) is 64.8 Å². The molecule has 1 aliphatic rings. The molecule has 1 unspecified atom stereocenters. The summed E-state index contributed by atoms with van der Waals surface area (Å²) in [7, 11) is 0. The molecule has 1 aliphatic heterocycles. The first-order valence-electron chi connectivity index (χ1n) is 8.97. The second kappa shape index (κ2) is 9.09. The molecule has 8 nitrogen and oxygen atoms in total. The van der Waals surface area contributed by atoms with Gasteiger partial charge < -0.3 is 20.1 Å². The lowest BCUT2D eigenvalue weighted by atomic mass is 10.1. The van der Waals surface area contributed by atoms with Crippen LogP contribution < -0.4 is 16.2 Å². The van der Waals surface area contributed by atoms with Crippen molar-refractivity contribution >= 4 is 11.8 Å². The number of aromatic nitrogens is 2. The molecule has 2 amide bonds. The number of hydrogen-bond acceptors (Lipinski definition) is 5. The van der Waals surface area contributed by atoms with Gasteiger partial charge in [0.15, 0.2) is 0 Å². The van der Waals surface area contributed by atoms with Crippen LogP contribution in [0.5, 0.6) is 0 Å². The van der Waals surface area contributed by atoms with Crippen LogP contribution in [0.1, 0.15) is 12.0 Å². The summed E-state index contributed by atoms with van der Waals surface area (Å²) in [6, 6.07) is 8.00. The van der Waals surface area contributed by atoms with Crippen molar-refractivity contribution in [2.45, 2.75) is 25.6 Å². The Balaban J connectivity index is 1.58. The second-order valence-corrected chi connectivity index (χ2v) is 6.36. The number of hydrogen-bond donors (Lipinski definition) is 2. The number of rotatable bonds is 6. The summed E-state index contributed by atoms with van der Waals surface area (Å²) in [5, 5.41) is 6.04. The first-order chi connectivity index (χ1) is 13.1. The van der Waals surface area contributed by atoms with Gasteiger partial charge in [-0.05, 0) is 23.8 Å². The van der Waals surface area contributed by atoms with Gasteiger partial charge in [-0.25, -0.2) is 0 Å². The van der Waals surface area contributed by atoms with Gasteiger partial charge in [0.2, 0.25) is 11.8 Å². The molecule has 0 aliphatic carbocycles. The maximum absolute atomic E-state index is 12.7. The quantitative estimate of drug-likeness (QED) is 0.732. The Kier molecular flexibility index (Phi) is 6.32. The summed E-state index contributed by atoms with van der Waals surface area (Å²) in [4.78, 5) is 42.6. The highest BCUT2D eigenvalue weighted by Crippen LogP contribution is 2.08. The molecular formula is C19H23N5O3. The number of carbonyl (C=O) groups excluding carboxylic acids is 2. The number of aryl methyl sites for hydroxylation is 1. The van der Waals surface area contributed by atoms with E-state index in [2.05, 4.69) is 15.6 Å². The molecule has 1 atom stereocenters. The van der Waals surface area contributed by atoms with Gasteiger partial charge in [0, 0.05) is 63.8 Å². The Morgan fingerprint density at radius 2 is 2.04 bits per heavy atom. The molecule has 2 aromatic rings. The van der Waals surface area contributed by atoms with Crippen LogP contribution in [0.15, 0.2) is 53.7 Å². The van der Waals surface area contributed by atoms with Crippen LogP contribution in [0.2, 0.25) is 0 Å². The molecule has 2 aromatic heterocycles. The third-order valence-electron chi connectivity index (χ3n) is 4.55. The van der Waals surface area contributed by atoms with Crippen molar-refractivity contribution < 1.29 is 9.59 Å². The van der Waals surface area contributed by atoms with Gasteiger partial charge in [-0.2, -0.15) is 0 Å². The van der Waals surface area contributed by atoms with E-state index in [1.54, 1.807) is 35.6 Å². The van der Waals surface area contributed by atoms with E-state index in [1.165, 1.54) is 10.6 Å². The first-order valence-corrected chi connectivity index (χ1v) is 8.97. The highest BCUT2D eigenvalue weighted by molar-refractivity contribution is 5.88. The van der Waals surface area contributed by atoms with E-state index in [4.69, 9.17) is 0 Å². The van der Waals surface area contributed by atoms with Crippen LogP contribution in [0.3, 0.4) is 0 Å². The molecule has 1 fully saturated rings. The summed E-state index contributed by atoms with van der Waals surface area (Å²) >= 11 is 0. The normalized spacial score (nSPS) is 16.7. The van der Waals surface area contributed by atoms with E-state index in [0.29, 0.717) is 32.7 Å². The van der Waals surface area contributed by atoms with Crippen LogP contribution in [-0.2, 0) is 22.7 Å². The molecule has 2 N–H and O–H groups in total. The van der Waals surface area contributed by atoms with Crippen LogP contribution in [0, 0.1) is 0 Å². The van der Waals surface area contributed by atoms with Crippen LogP contribution >= 0.6 is 0 Å². The Labute approximate surface area is 157 Å². The number of pyridine rings is 2. The van der Waals surface area contributed by atoms with Crippen molar-refractivity contribution in [2.75, 3.05) is 19.6 Å². The van der Waals surface area contributed by atoms with Crippen LogP contribution in [0.4, 0.5) is 0 Å². The predicted molar refractivity (Wildman–Crippen MR) is 99.8 cm³/mol. The molecule has 0 saturated carbocycles. The lowest BCUT2D eigenvalue weighted by Gasteiger charge is -2.35. The monoisotopic (exact) mass is 369 g/mol. The summed E-state index contributed by atoms with van der Waals surface area (Å²) in [5.41, 5.74) is 0.806. The van der Waals surface area contributed by atoms with Gasteiger partial charge in [-0.15, -0.1) is 0 Å². The Hall–Kier alpha value is -3.00. The fourth-order valence-electron chi connectivity index (χ4n) is 3.05. The highest BCUT2D eigenvalue weighted by atomic mass is 16.2. The number of nitrogens with one attached hydrogen (secondary N) is 2. The van der Waals surface area contributed by atoms with Crippen molar-refractivity contribution in [3.63, 3.8) is 0 Å². The maximum Gasteiger partial charge on any atom is 0.250 e. The fourth-order valence-corrected chi connectivity index (χ4v) is 3.05. The van der Waals surface area contributed by atoms with Crippen LogP contribution in [0.25, 0.3) is 0 Å². The lowest BCUT2D eigenvalue weighted by molar-refractivity contribution is -0.141. The smallest absolute Gasteiger partial charge is 0.250 e. The van der Waals surface area contributed by atoms with Crippen molar-refractivity contribution in [1.29, 1.82) is 0 Å². The largest absolute Gasteiger partial charge is 0.350 e. The van der Waals surface area contributed by atoms with Crippen LogP contribution in [-0.4, -0.2) is 51.9 Å². The number of amides is 2. The maximum atomic E-state index is 12.7. The molecule has 0 aromatic carbocycles.